The first kappa shape index (κ1) is 36.4. The predicted octanol–water partition coefficient (Wildman–Crippen LogP) is 10.5. The largest absolute Gasteiger partial charge is 0.506 e. The third-order valence-electron chi connectivity index (χ3n) is 11.0. The van der Waals surface area contributed by atoms with E-state index >= 15 is 0 Å². The lowest BCUT2D eigenvalue weighted by Crippen LogP contribution is -2.32. The van der Waals surface area contributed by atoms with Gasteiger partial charge in [0.15, 0.2) is 5.71 Å². The molecule has 262 valence electrons. The number of unbranched alkanes of at least 4 members (excludes halogenated alkanes) is 10. The van der Waals surface area contributed by atoms with Crippen LogP contribution in [0.4, 0.5) is 11.4 Å². The Bertz CT molecular complexity index is 1700. The van der Waals surface area contributed by atoms with E-state index in [1.54, 1.807) is 12.1 Å². The maximum atomic E-state index is 13.9. The lowest BCUT2D eigenvalue weighted by molar-refractivity contribution is -0.438. The Morgan fingerprint density at radius 2 is 1.43 bits per heavy atom. The zero-order chi connectivity index (χ0) is 35.3. The number of aliphatic hydroxyl groups excluding tert-OH is 1. The number of aliphatic hydroxyl groups is 1. The van der Waals surface area contributed by atoms with Crippen LogP contribution in [0.25, 0.3) is 0 Å². The van der Waals surface area contributed by atoms with Crippen LogP contribution in [0.3, 0.4) is 0 Å². The molecule has 0 fully saturated rings. The molecule has 6 nitrogen and oxygen atoms in total. The van der Waals surface area contributed by atoms with Crippen LogP contribution in [0.2, 0.25) is 0 Å². The van der Waals surface area contributed by atoms with Gasteiger partial charge in [-0.1, -0.05) is 104 Å². The van der Waals surface area contributed by atoms with E-state index in [-0.39, 0.29) is 22.5 Å². The summed E-state index contributed by atoms with van der Waals surface area (Å²) in [5, 5.41) is 21.3. The molecule has 5 rings (SSSR count). The molecule has 2 aromatic rings. The summed E-state index contributed by atoms with van der Waals surface area (Å²) in [6.45, 7) is 14.7. The first-order chi connectivity index (χ1) is 23.4. The van der Waals surface area contributed by atoms with E-state index in [0.29, 0.717) is 11.1 Å². The van der Waals surface area contributed by atoms with Crippen molar-refractivity contribution < 1.29 is 24.4 Å². The number of aromatic carboxylic acids is 1. The second kappa shape index (κ2) is 15.3. The standard InChI is InChI=1S/C43H56N2O4/c1-7-9-11-13-15-19-25-44-35-22-18-17-21-33(35)42(3,4)37(44)28-31-39(46)32(40(31)47)29-38-43(5,6)34-27-30(41(48)49)23-24-36(34)45(38)26-20-16-14-12-10-8-2/h17-18,21-24,27-29H,7-16,19-20,25-26H2,1-6H3,(H-,46,47,48,49)/p+1. The number of carboxylic acid groups (broad SMARTS) is 1. The third kappa shape index (κ3) is 7.20. The Labute approximate surface area is 293 Å². The average Bonchev–Trinajstić information content (AvgIpc) is 3.43. The highest BCUT2D eigenvalue weighted by atomic mass is 16.4. The molecule has 49 heavy (non-hydrogen) atoms. The van der Waals surface area contributed by atoms with Gasteiger partial charge in [0.1, 0.15) is 12.3 Å². The topological polar surface area (TPSA) is 80.8 Å². The zero-order valence-corrected chi connectivity index (χ0v) is 30.7. The Hall–Kier alpha value is -3.93. The average molecular weight is 666 g/mol. The molecule has 1 aliphatic carbocycles. The molecule has 0 aromatic heterocycles. The fraction of sp³-hybridized carbons (Fsp3) is 0.512. The van der Waals surface area contributed by atoms with Crippen LogP contribution < -0.4 is 4.90 Å². The van der Waals surface area contributed by atoms with Crippen molar-refractivity contribution in [2.75, 3.05) is 18.0 Å². The van der Waals surface area contributed by atoms with Gasteiger partial charge in [-0.2, -0.15) is 4.58 Å². The van der Waals surface area contributed by atoms with Crippen molar-refractivity contribution in [2.24, 2.45) is 0 Å². The quantitative estimate of drug-likeness (QED) is 0.0998. The number of hydrogen-bond acceptors (Lipinski definition) is 4. The van der Waals surface area contributed by atoms with Gasteiger partial charge in [-0.3, -0.25) is 4.79 Å². The number of para-hydroxylation sites is 1. The smallest absolute Gasteiger partial charge is 0.335 e. The van der Waals surface area contributed by atoms with Crippen LogP contribution in [-0.4, -0.2) is 45.3 Å². The summed E-state index contributed by atoms with van der Waals surface area (Å²) in [4.78, 5) is 28.1. The first-order valence-electron chi connectivity index (χ1n) is 18.8. The number of fused-ring (bicyclic) bond motifs is 2. The van der Waals surface area contributed by atoms with Crippen molar-refractivity contribution >= 4 is 28.8 Å². The van der Waals surface area contributed by atoms with E-state index in [1.807, 2.05) is 18.2 Å². The van der Waals surface area contributed by atoms with Gasteiger partial charge in [0.25, 0.3) is 0 Å². The summed E-state index contributed by atoms with van der Waals surface area (Å²) < 4.78 is 2.36. The molecule has 0 saturated heterocycles. The number of nitrogens with zero attached hydrogens (tertiary/aromatic N) is 2. The number of carbonyl (C=O) groups excluding carboxylic acids is 1. The molecule has 3 aliphatic rings. The molecule has 2 aliphatic heterocycles. The number of anilines is 1. The molecular weight excluding hydrogens is 608 g/mol. The highest BCUT2D eigenvalue weighted by Gasteiger charge is 2.47. The van der Waals surface area contributed by atoms with Crippen LogP contribution in [0.1, 0.15) is 140 Å². The molecule has 6 heteroatoms. The molecule has 0 amide bonds. The van der Waals surface area contributed by atoms with Gasteiger partial charge < -0.3 is 15.1 Å². The summed E-state index contributed by atoms with van der Waals surface area (Å²) in [7, 11) is 0. The van der Waals surface area contributed by atoms with E-state index in [2.05, 4.69) is 75.3 Å². The van der Waals surface area contributed by atoms with Crippen LogP contribution in [0.5, 0.6) is 0 Å². The first-order valence-corrected chi connectivity index (χ1v) is 18.8. The van der Waals surface area contributed by atoms with Crippen molar-refractivity contribution in [2.45, 2.75) is 129 Å². The van der Waals surface area contributed by atoms with Gasteiger partial charge in [0.05, 0.1) is 22.1 Å². The van der Waals surface area contributed by atoms with Crippen molar-refractivity contribution in [1.82, 2.24) is 0 Å². The third-order valence-corrected chi connectivity index (χ3v) is 11.0. The van der Waals surface area contributed by atoms with Gasteiger partial charge in [-0.05, 0) is 56.5 Å². The lowest BCUT2D eigenvalue weighted by Gasteiger charge is -2.29. The maximum Gasteiger partial charge on any atom is 0.335 e. The summed E-state index contributed by atoms with van der Waals surface area (Å²) in [6.07, 6.45) is 18.0. The van der Waals surface area contributed by atoms with E-state index in [0.717, 1.165) is 55.0 Å². The highest BCUT2D eigenvalue weighted by Crippen LogP contribution is 2.50. The molecule has 2 heterocycles. The molecule has 0 spiro atoms. The number of ketones is 1. The number of rotatable bonds is 17. The molecule has 0 radical (unpaired) electrons. The van der Waals surface area contributed by atoms with Gasteiger partial charge in [-0.15, -0.1) is 0 Å². The zero-order valence-electron chi connectivity index (χ0n) is 30.7. The SMILES string of the molecule is CCCCCCCCN1/C(=C\C2=C(O)C(=C/C3=[N+](CCCCCCCC)c4ccccc4C3(C)C)/C2=O)C(C)(C)c2cc(C(=O)O)ccc21. The number of carbonyl (C=O) groups is 2. The number of benzene rings is 2. The number of Topliss-reactive ketones (excluding diaryl/α,β-unsaturated/α-hetero) is 1. The molecule has 0 unspecified atom stereocenters. The molecule has 0 bridgehead atoms. The van der Waals surface area contributed by atoms with Crippen molar-refractivity contribution in [3.8, 4) is 0 Å². The number of carboxylic acids is 1. The minimum absolute atomic E-state index is 0.0359. The van der Waals surface area contributed by atoms with Gasteiger partial charge in [0, 0.05) is 47.5 Å². The van der Waals surface area contributed by atoms with Crippen molar-refractivity contribution in [3.05, 3.63) is 93.9 Å². The van der Waals surface area contributed by atoms with E-state index in [1.165, 1.54) is 69.0 Å². The summed E-state index contributed by atoms with van der Waals surface area (Å²) in [6, 6.07) is 13.8. The number of hydrogen-bond donors (Lipinski definition) is 2. The Kier molecular flexibility index (Phi) is 11.4. The second-order valence-corrected chi connectivity index (χ2v) is 15.2. The van der Waals surface area contributed by atoms with Crippen LogP contribution >= 0.6 is 0 Å². The molecule has 2 N–H and O–H groups in total. The number of allylic oxidation sites excluding steroid dienone is 5. The fourth-order valence-electron chi connectivity index (χ4n) is 7.94. The van der Waals surface area contributed by atoms with Crippen LogP contribution in [0, 0.1) is 0 Å². The van der Waals surface area contributed by atoms with Crippen molar-refractivity contribution in [3.63, 3.8) is 0 Å². The van der Waals surface area contributed by atoms with E-state index in [9.17, 15) is 19.8 Å². The second-order valence-electron chi connectivity index (χ2n) is 15.2. The molecule has 0 saturated carbocycles. The summed E-state index contributed by atoms with van der Waals surface area (Å²) >= 11 is 0. The minimum atomic E-state index is -0.956. The minimum Gasteiger partial charge on any atom is -0.506 e. The van der Waals surface area contributed by atoms with Gasteiger partial charge >= 0.3 is 5.97 Å². The highest BCUT2D eigenvalue weighted by molar-refractivity contribution is 6.24. The lowest BCUT2D eigenvalue weighted by atomic mass is 9.77. The molecular formula is C43H57N2O4+. The Morgan fingerprint density at radius 3 is 2.08 bits per heavy atom. The van der Waals surface area contributed by atoms with Gasteiger partial charge in [-0.25, -0.2) is 4.79 Å². The molecule has 2 aromatic carbocycles. The summed E-state index contributed by atoms with van der Waals surface area (Å²) in [5.41, 5.74) is 6.36. The predicted molar refractivity (Wildman–Crippen MR) is 201 cm³/mol. The van der Waals surface area contributed by atoms with E-state index in [4.69, 9.17) is 0 Å². The van der Waals surface area contributed by atoms with Crippen LogP contribution in [0.15, 0.2) is 77.2 Å². The van der Waals surface area contributed by atoms with Gasteiger partial charge in [0.2, 0.25) is 11.5 Å². The van der Waals surface area contributed by atoms with Crippen molar-refractivity contribution in [1.29, 1.82) is 0 Å². The summed E-state index contributed by atoms with van der Waals surface area (Å²) in [5.74, 6) is -1.07. The normalized spacial score (nSPS) is 19.2. The van der Waals surface area contributed by atoms with Crippen LogP contribution in [-0.2, 0) is 15.6 Å². The van der Waals surface area contributed by atoms with E-state index < -0.39 is 11.4 Å². The monoisotopic (exact) mass is 665 g/mol. The Morgan fingerprint density at radius 1 is 0.796 bits per heavy atom. The maximum absolute atomic E-state index is 13.9. The molecule has 0 atom stereocenters. The fourth-order valence-corrected chi connectivity index (χ4v) is 7.94. The Balaban J connectivity index is 1.48.